The maximum Gasteiger partial charge on any atom is 0.325 e. The molecule has 3 aromatic rings. The van der Waals surface area contributed by atoms with Crippen molar-refractivity contribution in [3.63, 3.8) is 0 Å². The van der Waals surface area contributed by atoms with Crippen LogP contribution in [0.2, 0.25) is 5.28 Å². The zero-order chi connectivity index (χ0) is 24.2. The molecule has 1 aliphatic rings. The Hall–Kier alpha value is -3.28. The minimum atomic E-state index is -0.503. The fourth-order valence-corrected chi connectivity index (χ4v) is 4.75. The normalized spacial score (nSPS) is 13.7. The highest BCUT2D eigenvalue weighted by Crippen LogP contribution is 2.31. The molecule has 0 spiro atoms. The minimum Gasteiger partial charge on any atom is -0.394 e. The molecule has 0 saturated heterocycles. The molecule has 0 fully saturated rings. The monoisotopic (exact) mass is 501 g/mol. The van der Waals surface area contributed by atoms with Gasteiger partial charge in [-0.25, -0.2) is 19.7 Å². The first-order valence-corrected chi connectivity index (χ1v) is 11.8. The Morgan fingerprint density at radius 1 is 1.24 bits per heavy atom. The van der Waals surface area contributed by atoms with E-state index in [4.69, 9.17) is 16.7 Å². The van der Waals surface area contributed by atoms with Crippen LogP contribution in [0, 0.1) is 6.92 Å². The number of nitrogens with one attached hydrogen (secondary N) is 3. The van der Waals surface area contributed by atoms with Gasteiger partial charge in [-0.15, -0.1) is 0 Å². The Balaban J connectivity index is 1.42. The lowest BCUT2D eigenvalue weighted by Gasteiger charge is -2.27. The van der Waals surface area contributed by atoms with Crippen LogP contribution in [0.5, 0.6) is 0 Å². The number of hydrogen-bond donors (Lipinski definition) is 4. The number of benzene rings is 1. The highest BCUT2D eigenvalue weighted by Gasteiger charge is 2.23. The highest BCUT2D eigenvalue weighted by molar-refractivity contribution is 7.15. The lowest BCUT2D eigenvalue weighted by Crippen LogP contribution is -2.35. The number of aryl methyl sites for hydroxylation is 1. The van der Waals surface area contributed by atoms with Crippen molar-refractivity contribution in [2.24, 2.45) is 0 Å². The van der Waals surface area contributed by atoms with Crippen LogP contribution >= 0.6 is 22.9 Å². The predicted octanol–water partition coefficient (Wildman–Crippen LogP) is 3.21. The second-order valence-corrected chi connectivity index (χ2v) is 9.30. The molecule has 0 radical (unpaired) electrons. The summed E-state index contributed by atoms with van der Waals surface area (Å²) in [6.45, 7) is 4.71. The molecular weight excluding hydrogens is 478 g/mol. The molecule has 34 heavy (non-hydrogen) atoms. The number of para-hydroxylation sites is 1. The first-order valence-electron chi connectivity index (χ1n) is 10.7. The van der Waals surface area contributed by atoms with E-state index in [1.165, 1.54) is 11.3 Å². The summed E-state index contributed by atoms with van der Waals surface area (Å²) in [6.07, 6.45) is 0.710. The number of urea groups is 1. The third-order valence-electron chi connectivity index (χ3n) is 5.16. The minimum absolute atomic E-state index is 0.183. The van der Waals surface area contributed by atoms with Crippen LogP contribution in [0.1, 0.15) is 33.5 Å². The Morgan fingerprint density at radius 2 is 2.03 bits per heavy atom. The standard InChI is InChI=1S/C22H24ClN7O3S/c1-12-9-18(28-20(23)25-12)30-8-7-16-17(10-30)34-22(27-16)29-21(33)26-15-6-4-3-5-14(15)19(32)24-13(2)11-31/h3-6,9,13,31H,7-8,10-11H2,1-2H3,(H,24,32)(H2,26,27,29,33)/t13-/m0/s1. The molecular formula is C22H24ClN7O3S. The van der Waals surface area contributed by atoms with Gasteiger partial charge in [0.1, 0.15) is 5.82 Å². The van der Waals surface area contributed by atoms with Gasteiger partial charge in [-0.2, -0.15) is 0 Å². The number of aliphatic hydroxyl groups excluding tert-OH is 1. The van der Waals surface area contributed by atoms with Gasteiger partial charge in [-0.3, -0.25) is 10.1 Å². The lowest BCUT2D eigenvalue weighted by atomic mass is 10.1. The van der Waals surface area contributed by atoms with Gasteiger partial charge in [-0.1, -0.05) is 23.5 Å². The van der Waals surface area contributed by atoms with Crippen molar-refractivity contribution in [1.82, 2.24) is 20.3 Å². The molecule has 4 rings (SSSR count). The topological polar surface area (TPSA) is 132 Å². The van der Waals surface area contributed by atoms with E-state index in [1.54, 1.807) is 31.2 Å². The van der Waals surface area contributed by atoms with Gasteiger partial charge in [-0.05, 0) is 37.6 Å². The SMILES string of the molecule is Cc1cc(N2CCc3nc(NC(=O)Nc4ccccc4C(=O)N[C@@H](C)CO)sc3C2)nc(Cl)n1. The van der Waals surface area contributed by atoms with E-state index in [0.29, 0.717) is 29.3 Å². The molecule has 12 heteroatoms. The number of anilines is 3. The number of fused-ring (bicyclic) bond motifs is 1. The van der Waals surface area contributed by atoms with E-state index in [-0.39, 0.29) is 17.8 Å². The van der Waals surface area contributed by atoms with Crippen molar-refractivity contribution in [2.75, 3.05) is 28.7 Å². The predicted molar refractivity (Wildman–Crippen MR) is 132 cm³/mol. The summed E-state index contributed by atoms with van der Waals surface area (Å²) < 4.78 is 0. The van der Waals surface area contributed by atoms with Crippen molar-refractivity contribution in [3.8, 4) is 0 Å². The molecule has 0 bridgehead atoms. The Morgan fingerprint density at radius 3 is 2.79 bits per heavy atom. The van der Waals surface area contributed by atoms with E-state index >= 15 is 0 Å². The second-order valence-electron chi connectivity index (χ2n) is 7.88. The Bertz CT molecular complexity index is 1200. The third-order valence-corrected chi connectivity index (χ3v) is 6.33. The number of halogens is 1. The van der Waals surface area contributed by atoms with Gasteiger partial charge in [0.2, 0.25) is 5.28 Å². The zero-order valence-electron chi connectivity index (χ0n) is 18.6. The first kappa shape index (κ1) is 23.9. The number of carbonyl (C=O) groups excluding carboxylic acids is 2. The quantitative estimate of drug-likeness (QED) is 0.381. The highest BCUT2D eigenvalue weighted by atomic mass is 35.5. The van der Waals surface area contributed by atoms with Crippen LogP contribution in [0.15, 0.2) is 30.3 Å². The maximum absolute atomic E-state index is 12.6. The summed E-state index contributed by atoms with van der Waals surface area (Å²) in [5, 5.41) is 18.0. The van der Waals surface area contributed by atoms with Gasteiger partial charge in [0.05, 0.1) is 30.1 Å². The molecule has 0 aliphatic carbocycles. The average Bonchev–Trinajstić information content (AvgIpc) is 3.19. The molecule has 1 aliphatic heterocycles. The van der Waals surface area contributed by atoms with Gasteiger partial charge in [0.15, 0.2) is 5.13 Å². The largest absolute Gasteiger partial charge is 0.394 e. The summed E-state index contributed by atoms with van der Waals surface area (Å²) in [5.41, 5.74) is 2.38. The zero-order valence-corrected chi connectivity index (χ0v) is 20.2. The van der Waals surface area contributed by atoms with Crippen molar-refractivity contribution >= 4 is 51.5 Å². The van der Waals surface area contributed by atoms with Gasteiger partial charge < -0.3 is 20.6 Å². The third kappa shape index (κ3) is 5.61. The number of thiazole rings is 1. The Labute approximate surface area is 205 Å². The van der Waals surface area contributed by atoms with E-state index in [2.05, 4.69) is 35.8 Å². The van der Waals surface area contributed by atoms with E-state index in [1.807, 2.05) is 13.0 Å². The summed E-state index contributed by atoms with van der Waals surface area (Å²) in [7, 11) is 0. The maximum atomic E-state index is 12.6. The van der Waals surface area contributed by atoms with Crippen LogP contribution in [-0.4, -0.2) is 51.2 Å². The molecule has 0 saturated carbocycles. The molecule has 3 heterocycles. The van der Waals surface area contributed by atoms with Crippen molar-refractivity contribution in [3.05, 3.63) is 57.4 Å². The van der Waals surface area contributed by atoms with E-state index in [9.17, 15) is 9.59 Å². The number of amides is 3. The van der Waals surface area contributed by atoms with Gasteiger partial charge >= 0.3 is 6.03 Å². The number of carbonyl (C=O) groups is 2. The number of aromatic nitrogens is 3. The van der Waals surface area contributed by atoms with Crippen molar-refractivity contribution in [2.45, 2.75) is 32.9 Å². The summed E-state index contributed by atoms with van der Waals surface area (Å²) in [5.74, 6) is 0.372. The second kappa shape index (κ2) is 10.3. The molecule has 1 aromatic carbocycles. The van der Waals surface area contributed by atoms with Crippen LogP contribution in [-0.2, 0) is 13.0 Å². The van der Waals surface area contributed by atoms with Crippen LogP contribution in [0.4, 0.5) is 21.4 Å². The average molecular weight is 502 g/mol. The fraction of sp³-hybridized carbons (Fsp3) is 0.318. The molecule has 1 atom stereocenters. The fourth-order valence-electron chi connectivity index (χ4n) is 3.51. The molecule has 4 N–H and O–H groups in total. The first-order chi connectivity index (χ1) is 16.3. The number of nitrogens with zero attached hydrogens (tertiary/aromatic N) is 4. The number of hydrogen-bond acceptors (Lipinski definition) is 8. The van der Waals surface area contributed by atoms with E-state index in [0.717, 1.165) is 28.6 Å². The number of aliphatic hydroxyl groups is 1. The van der Waals surface area contributed by atoms with E-state index < -0.39 is 12.1 Å². The van der Waals surface area contributed by atoms with Gasteiger partial charge in [0.25, 0.3) is 5.91 Å². The molecule has 178 valence electrons. The van der Waals surface area contributed by atoms with Crippen LogP contribution in [0.3, 0.4) is 0 Å². The summed E-state index contributed by atoms with van der Waals surface area (Å²) in [4.78, 5) is 41.2. The van der Waals surface area contributed by atoms with Gasteiger partial charge in [0, 0.05) is 35.6 Å². The smallest absolute Gasteiger partial charge is 0.325 e. The lowest BCUT2D eigenvalue weighted by molar-refractivity contribution is 0.0923. The molecule has 3 amide bonds. The van der Waals surface area contributed by atoms with Crippen LogP contribution in [0.25, 0.3) is 0 Å². The molecule has 10 nitrogen and oxygen atoms in total. The summed E-state index contributed by atoms with van der Waals surface area (Å²) >= 11 is 7.41. The number of rotatable bonds is 6. The summed E-state index contributed by atoms with van der Waals surface area (Å²) in [6, 6.07) is 7.65. The Kier molecular flexibility index (Phi) is 7.25. The van der Waals surface area contributed by atoms with Crippen molar-refractivity contribution < 1.29 is 14.7 Å². The van der Waals surface area contributed by atoms with Crippen molar-refractivity contribution in [1.29, 1.82) is 0 Å². The molecule has 2 aromatic heterocycles. The van der Waals surface area contributed by atoms with Crippen LogP contribution < -0.4 is 20.9 Å². The molecule has 0 unspecified atom stereocenters.